The van der Waals surface area contributed by atoms with Gasteiger partial charge in [-0.1, -0.05) is 47.5 Å². The molecule has 11 heteroatoms. The lowest BCUT2D eigenvalue weighted by Gasteiger charge is -2.28. The number of hydrogen-bond donors (Lipinski definition) is 1. The number of alkyl halides is 3. The molecule has 0 saturated carbocycles. The molecule has 3 unspecified atom stereocenters. The fourth-order valence-corrected chi connectivity index (χ4v) is 3.82. The Morgan fingerprint density at radius 1 is 1.03 bits per heavy atom. The van der Waals surface area contributed by atoms with E-state index in [0.29, 0.717) is 22.2 Å². The minimum absolute atomic E-state index is 0.296. The van der Waals surface area contributed by atoms with Crippen LogP contribution >= 0.6 is 23.2 Å². The molecule has 3 rings (SSSR count). The molecule has 0 fully saturated rings. The van der Waals surface area contributed by atoms with Gasteiger partial charge in [0.1, 0.15) is 0 Å². The first-order valence-electron chi connectivity index (χ1n) is 10.5. The van der Waals surface area contributed by atoms with E-state index in [-0.39, 0.29) is 5.92 Å². The van der Waals surface area contributed by atoms with Crippen molar-refractivity contribution in [1.29, 1.82) is 0 Å². The van der Waals surface area contributed by atoms with Crippen molar-refractivity contribution < 1.29 is 27.5 Å². The number of esters is 1. The van der Waals surface area contributed by atoms with Crippen LogP contribution in [-0.4, -0.2) is 33.9 Å². The van der Waals surface area contributed by atoms with Crippen LogP contribution in [-0.2, 0) is 20.7 Å². The monoisotopic (exact) mass is 527 g/mol. The largest absolute Gasteiger partial charge is 0.491 e. The van der Waals surface area contributed by atoms with Crippen LogP contribution in [0.4, 0.5) is 13.2 Å². The molecule has 1 amide bonds. The molecule has 0 aliphatic carbocycles. The fraction of sp³-hybridized carbons (Fsp3) is 0.292. The van der Waals surface area contributed by atoms with Crippen molar-refractivity contribution in [3.05, 3.63) is 87.7 Å². The van der Waals surface area contributed by atoms with Crippen LogP contribution in [0.1, 0.15) is 35.9 Å². The lowest BCUT2D eigenvalue weighted by atomic mass is 9.86. The Kier molecular flexibility index (Phi) is 8.45. The first kappa shape index (κ1) is 26.6. The number of benzene rings is 2. The predicted molar refractivity (Wildman–Crippen MR) is 125 cm³/mol. The summed E-state index contributed by atoms with van der Waals surface area (Å²) in [5, 5.41) is 7.65. The quantitative estimate of drug-likeness (QED) is 0.385. The van der Waals surface area contributed by atoms with Gasteiger partial charge in [0, 0.05) is 33.9 Å². The summed E-state index contributed by atoms with van der Waals surface area (Å²) in [6.07, 6.45) is -5.44. The molecule has 3 atom stereocenters. The first-order chi connectivity index (χ1) is 16.5. The average Bonchev–Trinajstić information content (AvgIpc) is 3.22. The van der Waals surface area contributed by atoms with Crippen LogP contribution in [0.25, 0.3) is 0 Å². The van der Waals surface area contributed by atoms with Crippen molar-refractivity contribution in [2.75, 3.05) is 0 Å². The highest BCUT2D eigenvalue weighted by molar-refractivity contribution is 6.30. The van der Waals surface area contributed by atoms with Gasteiger partial charge in [-0.15, -0.1) is 0 Å². The van der Waals surface area contributed by atoms with Gasteiger partial charge in [-0.25, -0.2) is 9.48 Å². The molecule has 1 aromatic heterocycles. The maximum absolute atomic E-state index is 13.1. The normalized spacial score (nSPS) is 14.1. The molecule has 0 spiro atoms. The Bertz CT molecular complexity index is 1170. The molecule has 1 N–H and O–H groups in total. The highest BCUT2D eigenvalue weighted by atomic mass is 35.5. The van der Waals surface area contributed by atoms with Crippen molar-refractivity contribution in [3.63, 3.8) is 0 Å². The number of amides is 1. The minimum Gasteiger partial charge on any atom is -0.423 e. The number of nitrogens with zero attached hydrogens (tertiary/aromatic N) is 2. The molecule has 186 valence electrons. The average molecular weight is 528 g/mol. The van der Waals surface area contributed by atoms with Gasteiger partial charge in [-0.3, -0.25) is 4.79 Å². The third-order valence-electron chi connectivity index (χ3n) is 5.41. The van der Waals surface area contributed by atoms with Crippen molar-refractivity contribution in [2.24, 2.45) is 0 Å². The zero-order valence-electron chi connectivity index (χ0n) is 18.7. The molecule has 35 heavy (non-hydrogen) atoms. The second kappa shape index (κ2) is 11.1. The number of ether oxygens (including phenoxy) is 1. The number of rotatable bonds is 8. The van der Waals surface area contributed by atoms with Crippen LogP contribution in [0.3, 0.4) is 0 Å². The maximum Gasteiger partial charge on any atom is 0.491 e. The number of aryl methyl sites for hydroxylation is 1. The number of halogens is 5. The molecule has 2 aromatic carbocycles. The summed E-state index contributed by atoms with van der Waals surface area (Å²) in [6, 6.07) is 15.1. The van der Waals surface area contributed by atoms with E-state index < -0.39 is 30.3 Å². The van der Waals surface area contributed by atoms with Crippen molar-refractivity contribution in [3.8, 4) is 0 Å². The Morgan fingerprint density at radius 2 is 1.60 bits per heavy atom. The molecule has 1 heterocycles. The van der Waals surface area contributed by atoms with E-state index in [9.17, 15) is 22.8 Å². The minimum atomic E-state index is -5.27. The van der Waals surface area contributed by atoms with Crippen molar-refractivity contribution in [1.82, 2.24) is 15.1 Å². The van der Waals surface area contributed by atoms with Crippen LogP contribution in [0.5, 0.6) is 0 Å². The van der Waals surface area contributed by atoms with Gasteiger partial charge in [-0.2, -0.15) is 18.3 Å². The smallest absolute Gasteiger partial charge is 0.423 e. The number of carbonyl (C=O) groups is 2. The molecular weight excluding hydrogens is 506 g/mol. The number of nitrogens with one attached hydrogen (secondary N) is 1. The summed E-state index contributed by atoms with van der Waals surface area (Å²) >= 11 is 12.0. The van der Waals surface area contributed by atoms with E-state index in [4.69, 9.17) is 23.2 Å². The standard InChI is InChI=1S/C24H22Cl2F3N3O3/c1-14-11-12-30-32(14)22(35-23(34)24(27,28)29)21(33)31-15(2)20(17-5-9-19(26)10-6-17)13-16-3-7-18(25)8-4-16/h3-12,15,20,22H,13H2,1-2H3,(H,31,33). The van der Waals surface area contributed by atoms with Crippen LogP contribution in [0, 0.1) is 6.92 Å². The van der Waals surface area contributed by atoms with E-state index in [2.05, 4.69) is 15.2 Å². The molecule has 0 aliphatic heterocycles. The first-order valence-corrected chi connectivity index (χ1v) is 11.3. The summed E-state index contributed by atoms with van der Waals surface area (Å²) < 4.78 is 44.1. The highest BCUT2D eigenvalue weighted by Gasteiger charge is 2.44. The summed E-state index contributed by atoms with van der Waals surface area (Å²) in [7, 11) is 0. The molecule has 3 aromatic rings. The van der Waals surface area contributed by atoms with Gasteiger partial charge in [0.15, 0.2) is 0 Å². The molecule has 0 radical (unpaired) electrons. The summed E-state index contributed by atoms with van der Waals surface area (Å²) in [6.45, 7) is 3.24. The van der Waals surface area contributed by atoms with Gasteiger partial charge in [-0.05, 0) is 61.7 Å². The molecule has 0 saturated heterocycles. The molecular formula is C24H22Cl2F3N3O3. The Labute approximate surface area is 210 Å². The second-order valence-corrected chi connectivity index (χ2v) is 8.83. The summed E-state index contributed by atoms with van der Waals surface area (Å²) in [5.41, 5.74) is 2.11. The zero-order valence-corrected chi connectivity index (χ0v) is 20.2. The van der Waals surface area contributed by atoms with Gasteiger partial charge in [0.2, 0.25) is 0 Å². The van der Waals surface area contributed by atoms with E-state index in [0.717, 1.165) is 15.8 Å². The van der Waals surface area contributed by atoms with E-state index in [1.807, 2.05) is 24.3 Å². The van der Waals surface area contributed by atoms with Crippen LogP contribution in [0.2, 0.25) is 10.0 Å². The van der Waals surface area contributed by atoms with Gasteiger partial charge in [0.25, 0.3) is 12.1 Å². The van der Waals surface area contributed by atoms with Gasteiger partial charge in [0.05, 0.1) is 0 Å². The SMILES string of the molecule is Cc1ccnn1C(OC(=O)C(F)(F)F)C(=O)NC(C)C(Cc1ccc(Cl)cc1)c1ccc(Cl)cc1. The third-order valence-corrected chi connectivity index (χ3v) is 5.91. The zero-order chi connectivity index (χ0) is 25.8. The maximum atomic E-state index is 13.1. The molecule has 0 bridgehead atoms. The third kappa shape index (κ3) is 6.99. The molecule has 6 nitrogen and oxygen atoms in total. The lowest BCUT2D eigenvalue weighted by molar-refractivity contribution is -0.210. The summed E-state index contributed by atoms with van der Waals surface area (Å²) in [5.74, 6) is -3.73. The number of hydrogen-bond acceptors (Lipinski definition) is 4. The Balaban J connectivity index is 1.87. The Morgan fingerprint density at radius 3 is 2.11 bits per heavy atom. The van der Waals surface area contributed by atoms with E-state index in [1.165, 1.54) is 19.2 Å². The van der Waals surface area contributed by atoms with Gasteiger partial charge >= 0.3 is 12.1 Å². The Hall–Kier alpha value is -3.04. The number of carbonyl (C=O) groups excluding carboxylic acids is 2. The second-order valence-electron chi connectivity index (χ2n) is 7.96. The number of aromatic nitrogens is 2. The van der Waals surface area contributed by atoms with Crippen molar-refractivity contribution in [2.45, 2.75) is 44.6 Å². The molecule has 0 aliphatic rings. The van der Waals surface area contributed by atoms with Crippen molar-refractivity contribution >= 4 is 35.1 Å². The fourth-order valence-electron chi connectivity index (χ4n) is 3.57. The van der Waals surface area contributed by atoms with E-state index >= 15 is 0 Å². The topological polar surface area (TPSA) is 73.2 Å². The van der Waals surface area contributed by atoms with Crippen LogP contribution in [0.15, 0.2) is 60.8 Å². The van der Waals surface area contributed by atoms with Crippen LogP contribution < -0.4 is 5.32 Å². The van der Waals surface area contributed by atoms with E-state index in [1.54, 1.807) is 31.2 Å². The predicted octanol–water partition coefficient (Wildman–Crippen LogP) is 5.63. The summed E-state index contributed by atoms with van der Waals surface area (Å²) in [4.78, 5) is 24.6. The lowest BCUT2D eigenvalue weighted by Crippen LogP contribution is -2.44. The highest BCUT2D eigenvalue weighted by Crippen LogP contribution is 2.28. The van der Waals surface area contributed by atoms with Gasteiger partial charge < -0.3 is 10.1 Å².